The summed E-state index contributed by atoms with van der Waals surface area (Å²) in [5.74, 6) is 0.975. The number of ether oxygens (including phenoxy) is 1. The van der Waals surface area contributed by atoms with Crippen molar-refractivity contribution >= 4 is 18.3 Å². The van der Waals surface area contributed by atoms with Gasteiger partial charge in [-0.15, -0.1) is 12.4 Å². The summed E-state index contributed by atoms with van der Waals surface area (Å²) in [5, 5.41) is 3.45. The van der Waals surface area contributed by atoms with Gasteiger partial charge in [0, 0.05) is 25.4 Å². The van der Waals surface area contributed by atoms with Crippen molar-refractivity contribution in [1.82, 2.24) is 20.2 Å². The Morgan fingerprint density at radius 2 is 2.18 bits per heavy atom. The summed E-state index contributed by atoms with van der Waals surface area (Å²) in [4.78, 5) is 23.2. The smallest absolute Gasteiger partial charge is 0.242 e. The maximum absolute atomic E-state index is 14.4. The minimum atomic E-state index is -0.501. The molecule has 0 radical (unpaired) electrons. The Labute approximate surface area is 169 Å². The lowest BCUT2D eigenvalue weighted by Gasteiger charge is -2.23. The lowest BCUT2D eigenvalue weighted by atomic mass is 9.96. The first-order valence-electron chi connectivity index (χ1n) is 9.31. The van der Waals surface area contributed by atoms with Gasteiger partial charge in [0.15, 0.2) is 0 Å². The van der Waals surface area contributed by atoms with Crippen molar-refractivity contribution < 1.29 is 13.9 Å². The molecule has 1 aromatic heterocycles. The van der Waals surface area contributed by atoms with E-state index < -0.39 is 5.54 Å². The van der Waals surface area contributed by atoms with Crippen LogP contribution in [0, 0.1) is 5.82 Å². The lowest BCUT2D eigenvalue weighted by molar-refractivity contribution is -0.131. The molecule has 28 heavy (non-hydrogen) atoms. The van der Waals surface area contributed by atoms with E-state index in [-0.39, 0.29) is 30.2 Å². The molecule has 0 saturated carbocycles. The molecule has 1 spiro atoms. The Balaban J connectivity index is 0.00000225. The van der Waals surface area contributed by atoms with Crippen LogP contribution in [0.5, 0.6) is 5.75 Å². The quantitative estimate of drug-likeness (QED) is 0.844. The molecule has 1 N–H and O–H groups in total. The van der Waals surface area contributed by atoms with E-state index in [2.05, 4.69) is 15.3 Å². The normalized spacial score (nSPS) is 23.9. The van der Waals surface area contributed by atoms with Crippen molar-refractivity contribution in [3.05, 3.63) is 42.1 Å². The van der Waals surface area contributed by atoms with E-state index in [0.29, 0.717) is 29.4 Å². The average molecular weight is 407 g/mol. The molecule has 150 valence electrons. The molecule has 0 bridgehead atoms. The zero-order chi connectivity index (χ0) is 19.0. The number of carbonyl (C=O) groups is 1. The van der Waals surface area contributed by atoms with Crippen molar-refractivity contribution in [3.63, 3.8) is 0 Å². The maximum Gasteiger partial charge on any atom is 0.242 e. The second kappa shape index (κ2) is 8.01. The Hall–Kier alpha value is -2.25. The number of likely N-dealkylation sites (N-methyl/N-ethyl adjacent to an activating group) is 1. The number of halogens is 2. The van der Waals surface area contributed by atoms with Gasteiger partial charge in [0.1, 0.15) is 22.9 Å². The van der Waals surface area contributed by atoms with Crippen LogP contribution < -0.4 is 10.1 Å². The molecule has 1 amide bonds. The molecule has 3 heterocycles. The summed E-state index contributed by atoms with van der Waals surface area (Å²) in [7, 11) is 1.83. The molecular weight excluding hydrogens is 383 g/mol. The number of aromatic nitrogens is 2. The van der Waals surface area contributed by atoms with E-state index in [0.717, 1.165) is 25.8 Å². The summed E-state index contributed by atoms with van der Waals surface area (Å²) in [6, 6.07) is 6.23. The van der Waals surface area contributed by atoms with Crippen molar-refractivity contribution in [2.45, 2.75) is 37.8 Å². The number of benzene rings is 1. The van der Waals surface area contributed by atoms with Crippen LogP contribution in [0.25, 0.3) is 11.3 Å². The molecule has 2 fully saturated rings. The molecule has 2 saturated heterocycles. The zero-order valence-electron chi connectivity index (χ0n) is 15.9. The summed E-state index contributed by atoms with van der Waals surface area (Å²) in [6.07, 6.45) is 3.98. The van der Waals surface area contributed by atoms with Crippen molar-refractivity contribution in [2.75, 3.05) is 20.2 Å². The van der Waals surface area contributed by atoms with Crippen molar-refractivity contribution in [3.8, 4) is 17.0 Å². The van der Waals surface area contributed by atoms with Gasteiger partial charge in [0.05, 0.1) is 18.3 Å². The standard InChI is InChI=1S/C20H23FN4O2.ClH/c1-3-27-13-4-5-15(21)14(12-13)16-7-10-22-18(23-16)17-6-8-20(24-17)9-11-25(2)19(20)26;/h4-5,7,10,12,17,24H,3,6,8-9,11H2,1-2H3;1H/t17-,20-;/m1./s1. The number of rotatable bonds is 4. The van der Waals surface area contributed by atoms with Gasteiger partial charge in [0.2, 0.25) is 5.91 Å². The molecule has 2 aliphatic rings. The van der Waals surface area contributed by atoms with Gasteiger partial charge in [-0.05, 0) is 50.5 Å². The Morgan fingerprint density at radius 1 is 1.36 bits per heavy atom. The fourth-order valence-corrected chi connectivity index (χ4v) is 4.01. The number of nitrogens with zero attached hydrogens (tertiary/aromatic N) is 3. The van der Waals surface area contributed by atoms with E-state index in [4.69, 9.17) is 4.74 Å². The Kier molecular flexibility index (Phi) is 5.86. The molecule has 6 nitrogen and oxygen atoms in total. The summed E-state index contributed by atoms with van der Waals surface area (Å²) >= 11 is 0. The third-order valence-corrected chi connectivity index (χ3v) is 5.45. The van der Waals surface area contributed by atoms with Crippen LogP contribution in [0.15, 0.2) is 30.5 Å². The van der Waals surface area contributed by atoms with Gasteiger partial charge >= 0.3 is 0 Å². The highest BCUT2D eigenvalue weighted by Crippen LogP contribution is 2.38. The second-order valence-corrected chi connectivity index (χ2v) is 7.17. The molecule has 0 aliphatic carbocycles. The van der Waals surface area contributed by atoms with Crippen LogP contribution >= 0.6 is 12.4 Å². The molecule has 4 rings (SSSR count). The number of nitrogens with one attached hydrogen (secondary N) is 1. The van der Waals surface area contributed by atoms with E-state index in [9.17, 15) is 9.18 Å². The van der Waals surface area contributed by atoms with Crippen LogP contribution in [-0.4, -0.2) is 46.5 Å². The molecule has 0 unspecified atom stereocenters. The largest absolute Gasteiger partial charge is 0.494 e. The fraction of sp³-hybridized carbons (Fsp3) is 0.450. The zero-order valence-corrected chi connectivity index (χ0v) is 16.8. The van der Waals surface area contributed by atoms with E-state index in [1.165, 1.54) is 6.07 Å². The predicted octanol–water partition coefficient (Wildman–Crippen LogP) is 3.13. The number of amides is 1. The Bertz CT molecular complexity index is 881. The molecule has 2 aliphatic heterocycles. The van der Waals surface area contributed by atoms with Crippen LogP contribution in [0.2, 0.25) is 0 Å². The van der Waals surface area contributed by atoms with E-state index >= 15 is 0 Å². The minimum absolute atomic E-state index is 0. The van der Waals surface area contributed by atoms with Gasteiger partial charge in [0.25, 0.3) is 0 Å². The number of carbonyl (C=O) groups excluding carboxylic acids is 1. The maximum atomic E-state index is 14.4. The van der Waals surface area contributed by atoms with Crippen LogP contribution in [-0.2, 0) is 4.79 Å². The van der Waals surface area contributed by atoms with Gasteiger partial charge in [-0.1, -0.05) is 0 Å². The van der Waals surface area contributed by atoms with Crippen LogP contribution in [0.3, 0.4) is 0 Å². The van der Waals surface area contributed by atoms with E-state index in [1.54, 1.807) is 29.3 Å². The lowest BCUT2D eigenvalue weighted by Crippen LogP contribution is -2.47. The topological polar surface area (TPSA) is 67.3 Å². The highest BCUT2D eigenvalue weighted by atomic mass is 35.5. The molecule has 1 aromatic carbocycles. The average Bonchev–Trinajstić information content (AvgIpc) is 3.24. The molecule has 8 heteroatoms. The van der Waals surface area contributed by atoms with Gasteiger partial charge in [-0.25, -0.2) is 14.4 Å². The SMILES string of the molecule is CCOc1ccc(F)c(-c2ccnc([C@H]3CC[C@]4(CCN(C)C4=O)N3)n2)c1.Cl. The highest BCUT2D eigenvalue weighted by molar-refractivity contribution is 5.88. The molecular formula is C20H24ClFN4O2. The van der Waals surface area contributed by atoms with Gasteiger partial charge in [-0.3, -0.25) is 10.1 Å². The number of hydrogen-bond donors (Lipinski definition) is 1. The summed E-state index contributed by atoms with van der Waals surface area (Å²) in [6.45, 7) is 3.15. The predicted molar refractivity (Wildman–Crippen MR) is 106 cm³/mol. The van der Waals surface area contributed by atoms with E-state index in [1.807, 2.05) is 14.0 Å². The van der Waals surface area contributed by atoms with Crippen LogP contribution in [0.4, 0.5) is 4.39 Å². The number of hydrogen-bond acceptors (Lipinski definition) is 5. The first-order chi connectivity index (χ1) is 13.0. The fourth-order valence-electron chi connectivity index (χ4n) is 4.01. The molecule has 2 atom stereocenters. The molecule has 2 aromatic rings. The third-order valence-electron chi connectivity index (χ3n) is 5.45. The van der Waals surface area contributed by atoms with Crippen LogP contribution in [0.1, 0.15) is 38.1 Å². The van der Waals surface area contributed by atoms with Crippen molar-refractivity contribution in [1.29, 1.82) is 0 Å². The number of likely N-dealkylation sites (tertiary alicyclic amines) is 1. The first-order valence-corrected chi connectivity index (χ1v) is 9.31. The third kappa shape index (κ3) is 3.56. The summed E-state index contributed by atoms with van der Waals surface area (Å²) < 4.78 is 19.8. The monoisotopic (exact) mass is 406 g/mol. The van der Waals surface area contributed by atoms with Gasteiger partial charge in [-0.2, -0.15) is 0 Å². The minimum Gasteiger partial charge on any atom is -0.494 e. The Morgan fingerprint density at radius 3 is 2.89 bits per heavy atom. The second-order valence-electron chi connectivity index (χ2n) is 7.17. The van der Waals surface area contributed by atoms with Gasteiger partial charge < -0.3 is 9.64 Å². The highest BCUT2D eigenvalue weighted by Gasteiger charge is 2.50. The summed E-state index contributed by atoms with van der Waals surface area (Å²) in [5.41, 5.74) is 0.393. The van der Waals surface area contributed by atoms with Crippen molar-refractivity contribution in [2.24, 2.45) is 0 Å². The first kappa shape index (κ1) is 20.5.